The lowest BCUT2D eigenvalue weighted by Crippen LogP contribution is -2.08. The normalized spacial score (nSPS) is 10.1. The molecule has 0 fully saturated rings. The molecule has 4 nitrogen and oxygen atoms in total. The van der Waals surface area contributed by atoms with Gasteiger partial charge in [-0.05, 0) is 12.1 Å². The van der Waals surface area contributed by atoms with Crippen molar-refractivity contribution in [2.45, 2.75) is 0 Å². The first-order valence-electron chi connectivity index (χ1n) is 4.24. The van der Waals surface area contributed by atoms with Gasteiger partial charge in [-0.3, -0.25) is 0 Å². The Bertz CT molecular complexity index is 513. The molecule has 0 saturated carbocycles. The third-order valence-electron chi connectivity index (χ3n) is 1.75. The molecule has 0 N–H and O–H groups in total. The lowest BCUT2D eigenvalue weighted by atomic mass is 10.3. The van der Waals surface area contributed by atoms with Crippen LogP contribution in [0.1, 0.15) is 10.5 Å². The van der Waals surface area contributed by atoms with Crippen LogP contribution in [0.5, 0.6) is 5.75 Å². The quantitative estimate of drug-likeness (QED) is 0.599. The van der Waals surface area contributed by atoms with Crippen LogP contribution in [0.15, 0.2) is 35.1 Å². The van der Waals surface area contributed by atoms with Crippen LogP contribution in [0.2, 0.25) is 5.02 Å². The summed E-state index contributed by atoms with van der Waals surface area (Å²) in [5, 5.41) is 3.34. The van der Waals surface area contributed by atoms with E-state index in [0.29, 0.717) is 0 Å². The van der Waals surface area contributed by atoms with Gasteiger partial charge in [0.1, 0.15) is 17.8 Å². The molecule has 0 unspecified atom stereocenters. The number of ether oxygens (including phenoxy) is 1. The van der Waals surface area contributed by atoms with E-state index >= 15 is 0 Å². The largest absolute Gasteiger partial charge is 0.422 e. The van der Waals surface area contributed by atoms with E-state index in [0.717, 1.165) is 6.07 Å². The molecule has 0 aliphatic heterocycles. The fourth-order valence-corrected chi connectivity index (χ4v) is 1.14. The van der Waals surface area contributed by atoms with Crippen LogP contribution in [0, 0.1) is 5.82 Å². The van der Waals surface area contributed by atoms with Crippen molar-refractivity contribution >= 4 is 17.6 Å². The third kappa shape index (κ3) is 2.20. The van der Waals surface area contributed by atoms with Gasteiger partial charge in [-0.15, -0.1) is 0 Å². The first-order valence-corrected chi connectivity index (χ1v) is 4.62. The topological polar surface area (TPSA) is 52.3 Å². The first kappa shape index (κ1) is 10.6. The van der Waals surface area contributed by atoms with E-state index in [4.69, 9.17) is 16.3 Å². The molecule has 0 amide bonds. The molecule has 16 heavy (non-hydrogen) atoms. The second-order valence-electron chi connectivity index (χ2n) is 2.85. The molecule has 1 aromatic heterocycles. The number of hydrogen-bond donors (Lipinski definition) is 0. The minimum Gasteiger partial charge on any atom is -0.422 e. The Hall–Kier alpha value is -1.88. The maximum absolute atomic E-state index is 13.0. The number of aromatic nitrogens is 1. The van der Waals surface area contributed by atoms with E-state index in [1.165, 1.54) is 24.5 Å². The zero-order valence-electron chi connectivity index (χ0n) is 7.81. The smallest absolute Gasteiger partial charge is 0.365 e. The molecule has 2 rings (SSSR count). The number of rotatable bonds is 2. The molecule has 0 radical (unpaired) electrons. The van der Waals surface area contributed by atoms with Gasteiger partial charge in [0.2, 0.25) is 0 Å². The summed E-state index contributed by atoms with van der Waals surface area (Å²) >= 11 is 5.47. The van der Waals surface area contributed by atoms with E-state index in [-0.39, 0.29) is 16.5 Å². The summed E-state index contributed by atoms with van der Waals surface area (Å²) in [4.78, 5) is 11.4. The van der Waals surface area contributed by atoms with E-state index in [2.05, 4.69) is 9.68 Å². The summed E-state index contributed by atoms with van der Waals surface area (Å²) < 4.78 is 22.3. The zero-order chi connectivity index (χ0) is 11.5. The Morgan fingerprint density at radius 1 is 1.44 bits per heavy atom. The highest BCUT2D eigenvalue weighted by molar-refractivity contribution is 6.30. The molecule has 0 bridgehead atoms. The van der Waals surface area contributed by atoms with Gasteiger partial charge >= 0.3 is 5.97 Å². The van der Waals surface area contributed by atoms with Crippen molar-refractivity contribution in [1.29, 1.82) is 0 Å². The number of carbonyl (C=O) groups excluding carboxylic acids is 1. The van der Waals surface area contributed by atoms with Gasteiger partial charge in [0.05, 0.1) is 5.02 Å². The summed E-state index contributed by atoms with van der Waals surface area (Å²) in [5.74, 6) is -1.34. The molecule has 82 valence electrons. The minimum absolute atomic E-state index is 0.00959. The van der Waals surface area contributed by atoms with Crippen LogP contribution in [0.4, 0.5) is 4.39 Å². The third-order valence-corrected chi connectivity index (χ3v) is 2.06. The Morgan fingerprint density at radius 2 is 2.25 bits per heavy atom. The molecule has 0 atom stereocenters. The van der Waals surface area contributed by atoms with E-state index in [9.17, 15) is 9.18 Å². The molecule has 0 saturated heterocycles. The highest BCUT2D eigenvalue weighted by atomic mass is 35.5. The minimum atomic E-state index is -0.726. The fourth-order valence-electron chi connectivity index (χ4n) is 1.02. The summed E-state index contributed by atoms with van der Waals surface area (Å²) in [5.41, 5.74) is 0.00959. The van der Waals surface area contributed by atoms with Gasteiger partial charge in [-0.2, -0.15) is 0 Å². The number of esters is 1. The molecule has 1 heterocycles. The number of halogens is 2. The average Bonchev–Trinajstić information content (AvgIpc) is 2.77. The second-order valence-corrected chi connectivity index (χ2v) is 3.26. The van der Waals surface area contributed by atoms with Crippen LogP contribution in [-0.2, 0) is 0 Å². The van der Waals surface area contributed by atoms with E-state index in [1.54, 1.807) is 0 Å². The Balaban J connectivity index is 2.15. The lowest BCUT2D eigenvalue weighted by molar-refractivity contribution is 0.0723. The predicted molar refractivity (Wildman–Crippen MR) is 52.9 cm³/mol. The van der Waals surface area contributed by atoms with Crippen molar-refractivity contribution in [3.63, 3.8) is 0 Å². The van der Waals surface area contributed by atoms with Crippen molar-refractivity contribution in [3.05, 3.63) is 47.1 Å². The van der Waals surface area contributed by atoms with Crippen LogP contribution in [0.25, 0.3) is 0 Å². The SMILES string of the molecule is O=C(Oc1ccc(Cl)c(F)c1)c1ccon1. The number of hydrogen-bond acceptors (Lipinski definition) is 4. The molecule has 6 heteroatoms. The molecule has 2 aromatic rings. The van der Waals surface area contributed by atoms with Crippen molar-refractivity contribution in [1.82, 2.24) is 5.16 Å². The van der Waals surface area contributed by atoms with Crippen LogP contribution in [-0.4, -0.2) is 11.1 Å². The Labute approximate surface area is 94.6 Å². The Kier molecular flexibility index (Phi) is 2.87. The van der Waals surface area contributed by atoms with Crippen molar-refractivity contribution < 1.29 is 18.4 Å². The number of benzene rings is 1. The molecule has 0 spiro atoms. The Morgan fingerprint density at radius 3 is 2.88 bits per heavy atom. The maximum Gasteiger partial charge on any atom is 0.365 e. The fraction of sp³-hybridized carbons (Fsp3) is 0. The summed E-state index contributed by atoms with van der Waals surface area (Å²) in [7, 11) is 0. The van der Waals surface area contributed by atoms with Crippen LogP contribution < -0.4 is 4.74 Å². The molecule has 0 aliphatic carbocycles. The van der Waals surface area contributed by atoms with Gasteiger partial charge in [0, 0.05) is 12.1 Å². The number of carbonyl (C=O) groups is 1. The number of nitrogens with zero attached hydrogens (tertiary/aromatic N) is 1. The van der Waals surface area contributed by atoms with E-state index in [1.807, 2.05) is 0 Å². The standard InChI is InChI=1S/C10H5ClFNO3/c11-7-2-1-6(5-8(7)12)16-10(14)9-3-4-15-13-9/h1-5H. The van der Waals surface area contributed by atoms with Crippen molar-refractivity contribution in [2.24, 2.45) is 0 Å². The van der Waals surface area contributed by atoms with Gasteiger partial charge in [-0.1, -0.05) is 16.8 Å². The highest BCUT2D eigenvalue weighted by Crippen LogP contribution is 2.20. The molecule has 1 aromatic carbocycles. The monoisotopic (exact) mass is 241 g/mol. The predicted octanol–water partition coefficient (Wildman–Crippen LogP) is 2.69. The van der Waals surface area contributed by atoms with Crippen LogP contribution >= 0.6 is 11.6 Å². The average molecular weight is 242 g/mol. The highest BCUT2D eigenvalue weighted by Gasteiger charge is 2.12. The summed E-state index contributed by atoms with van der Waals surface area (Å²) in [6.45, 7) is 0. The van der Waals surface area contributed by atoms with Crippen molar-refractivity contribution in [2.75, 3.05) is 0 Å². The summed E-state index contributed by atoms with van der Waals surface area (Å²) in [6, 6.07) is 5.03. The van der Waals surface area contributed by atoms with Crippen molar-refractivity contribution in [3.8, 4) is 5.75 Å². The van der Waals surface area contributed by atoms with Crippen LogP contribution in [0.3, 0.4) is 0 Å². The van der Waals surface area contributed by atoms with Gasteiger partial charge in [-0.25, -0.2) is 9.18 Å². The maximum atomic E-state index is 13.0. The first-order chi connectivity index (χ1) is 7.66. The zero-order valence-corrected chi connectivity index (χ0v) is 8.57. The van der Waals surface area contributed by atoms with Gasteiger partial charge in [0.25, 0.3) is 0 Å². The summed E-state index contributed by atoms with van der Waals surface area (Å²) in [6.07, 6.45) is 1.24. The van der Waals surface area contributed by atoms with E-state index < -0.39 is 11.8 Å². The van der Waals surface area contributed by atoms with Gasteiger partial charge in [0.15, 0.2) is 5.69 Å². The second kappa shape index (κ2) is 4.32. The van der Waals surface area contributed by atoms with Gasteiger partial charge < -0.3 is 9.26 Å². The molecule has 0 aliphatic rings. The molecular weight excluding hydrogens is 237 g/mol. The molecular formula is C10H5ClFNO3. The lowest BCUT2D eigenvalue weighted by Gasteiger charge is -2.02.